The Morgan fingerprint density at radius 3 is 1.76 bits per heavy atom. The molecule has 0 saturated heterocycles. The molecule has 1 heterocycles. The van der Waals surface area contributed by atoms with Crippen LogP contribution in [-0.2, 0) is 16.2 Å². The highest BCUT2D eigenvalue weighted by molar-refractivity contribution is 6.06. The van der Waals surface area contributed by atoms with Gasteiger partial charge < -0.3 is 9.32 Å². The Balaban J connectivity index is 1.18. The SMILES string of the molecule is Cc1ccc(C)c2c1C(C)(C)CC21c2ccccc2-c2ccc(N(c3ccc4c(c3)C(C)(C)c3ccccc3-4)c3ccc4oc5ccccc5c4c3)cc21. The summed E-state index contributed by atoms with van der Waals surface area (Å²) >= 11 is 0. The lowest BCUT2D eigenvalue weighted by atomic mass is 9.70. The Bertz CT molecular complexity index is 2900. The Hall–Kier alpha value is -5.86. The van der Waals surface area contributed by atoms with Crippen LogP contribution in [0.3, 0.4) is 0 Å². The summed E-state index contributed by atoms with van der Waals surface area (Å²) in [4.78, 5) is 2.49. The molecule has 0 radical (unpaired) electrons. The number of hydrogen-bond acceptors (Lipinski definition) is 2. The van der Waals surface area contributed by atoms with Crippen LogP contribution >= 0.6 is 0 Å². The average Bonchev–Trinajstić information content (AvgIpc) is 3.84. The minimum atomic E-state index is -0.241. The second-order valence-corrected chi connectivity index (χ2v) is 17.2. The van der Waals surface area contributed by atoms with Crippen molar-refractivity contribution in [1.29, 1.82) is 0 Å². The van der Waals surface area contributed by atoms with E-state index in [1.807, 2.05) is 6.07 Å². The molecule has 262 valence electrons. The minimum absolute atomic E-state index is 0.0177. The summed E-state index contributed by atoms with van der Waals surface area (Å²) in [7, 11) is 0. The van der Waals surface area contributed by atoms with Gasteiger partial charge >= 0.3 is 0 Å². The third-order valence-electron chi connectivity index (χ3n) is 13.3. The molecule has 2 nitrogen and oxygen atoms in total. The number of anilines is 3. The maximum Gasteiger partial charge on any atom is 0.135 e. The first-order valence-electron chi connectivity index (χ1n) is 19.4. The molecule has 11 rings (SSSR count). The van der Waals surface area contributed by atoms with Crippen LogP contribution in [0.4, 0.5) is 17.1 Å². The second-order valence-electron chi connectivity index (χ2n) is 17.2. The fraction of sp³-hybridized carbons (Fsp3) is 0.192. The predicted octanol–water partition coefficient (Wildman–Crippen LogP) is 14.0. The van der Waals surface area contributed by atoms with Gasteiger partial charge in [-0.25, -0.2) is 0 Å². The van der Waals surface area contributed by atoms with Crippen LogP contribution < -0.4 is 4.90 Å². The summed E-state index contributed by atoms with van der Waals surface area (Å²) < 4.78 is 6.34. The van der Waals surface area contributed by atoms with E-state index in [0.717, 1.165) is 45.4 Å². The van der Waals surface area contributed by atoms with Gasteiger partial charge in [0.1, 0.15) is 11.2 Å². The Morgan fingerprint density at radius 2 is 1.00 bits per heavy atom. The maximum atomic E-state index is 6.34. The number of fused-ring (bicyclic) bond motifs is 13. The third-order valence-corrected chi connectivity index (χ3v) is 13.3. The molecule has 0 aliphatic heterocycles. The van der Waals surface area contributed by atoms with Crippen molar-refractivity contribution in [3.8, 4) is 22.3 Å². The monoisotopic (exact) mass is 697 g/mol. The van der Waals surface area contributed by atoms with Gasteiger partial charge in [-0.05, 0) is 141 Å². The summed E-state index contributed by atoms with van der Waals surface area (Å²) in [5.41, 5.74) is 21.7. The number of para-hydroxylation sites is 1. The number of nitrogens with zero attached hydrogens (tertiary/aromatic N) is 1. The Kier molecular flexibility index (Phi) is 6.23. The highest BCUT2D eigenvalue weighted by Crippen LogP contribution is 2.64. The van der Waals surface area contributed by atoms with Crippen molar-refractivity contribution in [2.24, 2.45) is 0 Å². The molecule has 7 aromatic carbocycles. The van der Waals surface area contributed by atoms with Gasteiger partial charge in [0.2, 0.25) is 0 Å². The lowest BCUT2D eigenvalue weighted by Crippen LogP contribution is -2.27. The molecule has 0 bridgehead atoms. The molecule has 3 aliphatic rings. The summed E-state index contributed by atoms with van der Waals surface area (Å²) in [5, 5.41) is 2.27. The maximum absolute atomic E-state index is 6.34. The zero-order chi connectivity index (χ0) is 36.7. The number of benzene rings is 7. The Morgan fingerprint density at radius 1 is 0.463 bits per heavy atom. The van der Waals surface area contributed by atoms with Gasteiger partial charge in [-0.2, -0.15) is 0 Å². The van der Waals surface area contributed by atoms with E-state index < -0.39 is 0 Å². The van der Waals surface area contributed by atoms with E-state index in [2.05, 4.69) is 180 Å². The van der Waals surface area contributed by atoms with Gasteiger partial charge in [-0.1, -0.05) is 119 Å². The first-order valence-corrected chi connectivity index (χ1v) is 19.4. The second kappa shape index (κ2) is 10.6. The highest BCUT2D eigenvalue weighted by Gasteiger charge is 2.55. The van der Waals surface area contributed by atoms with E-state index >= 15 is 0 Å². The minimum Gasteiger partial charge on any atom is -0.456 e. The summed E-state index contributed by atoms with van der Waals surface area (Å²) in [6, 6.07) is 52.3. The molecular formula is C52H43NO. The smallest absolute Gasteiger partial charge is 0.135 e. The van der Waals surface area contributed by atoms with Crippen LogP contribution in [-0.4, -0.2) is 0 Å². The molecule has 3 aliphatic carbocycles. The standard InChI is InChI=1S/C52H43NO/c1-31-19-20-32(2)49-48(31)50(3,4)30-52(49)43-17-11-8-14-37(43)39-25-22-35(29-45(39)52)53(33-23-26-47-41(27-33)40-15-9-12-18-46(40)54-47)34-21-24-38-36-13-7-10-16-42(36)51(5,6)44(38)28-34/h7-29H,30H2,1-6H3. The molecule has 1 unspecified atom stereocenters. The number of hydrogen-bond donors (Lipinski definition) is 0. The first-order chi connectivity index (χ1) is 26.1. The van der Waals surface area contributed by atoms with E-state index in [1.165, 1.54) is 66.8 Å². The molecule has 54 heavy (non-hydrogen) atoms. The van der Waals surface area contributed by atoms with Crippen LogP contribution in [0.5, 0.6) is 0 Å². The van der Waals surface area contributed by atoms with Crippen molar-refractivity contribution in [3.63, 3.8) is 0 Å². The highest BCUT2D eigenvalue weighted by atomic mass is 16.3. The van der Waals surface area contributed by atoms with Crippen molar-refractivity contribution < 1.29 is 4.42 Å². The molecule has 0 amide bonds. The van der Waals surface area contributed by atoms with Gasteiger partial charge in [0.25, 0.3) is 0 Å². The zero-order valence-corrected chi connectivity index (χ0v) is 31.8. The van der Waals surface area contributed by atoms with Crippen LogP contribution in [0.2, 0.25) is 0 Å². The van der Waals surface area contributed by atoms with Crippen molar-refractivity contribution in [2.45, 2.75) is 64.2 Å². The van der Waals surface area contributed by atoms with Crippen molar-refractivity contribution in [3.05, 3.63) is 184 Å². The topological polar surface area (TPSA) is 16.4 Å². The zero-order valence-electron chi connectivity index (χ0n) is 31.8. The van der Waals surface area contributed by atoms with Gasteiger partial charge in [0.05, 0.1) is 0 Å². The molecule has 2 heteroatoms. The summed E-state index contributed by atoms with van der Waals surface area (Å²) in [5.74, 6) is 0. The van der Waals surface area contributed by atoms with Crippen LogP contribution in [0, 0.1) is 13.8 Å². The first kappa shape index (κ1) is 31.6. The fourth-order valence-electron chi connectivity index (χ4n) is 11.2. The molecule has 8 aromatic rings. The molecule has 0 N–H and O–H groups in total. The quantitative estimate of drug-likeness (QED) is 0.183. The summed E-state index contributed by atoms with van der Waals surface area (Å²) in [6.07, 6.45) is 1.03. The normalized spacial score (nSPS) is 18.1. The number of rotatable bonds is 3. The fourth-order valence-corrected chi connectivity index (χ4v) is 11.2. The molecule has 1 aromatic heterocycles. The molecular weight excluding hydrogens is 655 g/mol. The summed E-state index contributed by atoms with van der Waals surface area (Å²) in [6.45, 7) is 14.3. The average molecular weight is 698 g/mol. The van der Waals surface area contributed by atoms with Gasteiger partial charge in [0.15, 0.2) is 0 Å². The van der Waals surface area contributed by atoms with E-state index in [0.29, 0.717) is 0 Å². The largest absolute Gasteiger partial charge is 0.456 e. The van der Waals surface area contributed by atoms with E-state index in [4.69, 9.17) is 4.42 Å². The molecule has 1 atom stereocenters. The van der Waals surface area contributed by atoms with Gasteiger partial charge in [-0.15, -0.1) is 0 Å². The van der Waals surface area contributed by atoms with Crippen LogP contribution in [0.15, 0.2) is 144 Å². The van der Waals surface area contributed by atoms with E-state index in [9.17, 15) is 0 Å². The number of furan rings is 1. The van der Waals surface area contributed by atoms with Crippen molar-refractivity contribution in [2.75, 3.05) is 4.90 Å². The van der Waals surface area contributed by atoms with Crippen molar-refractivity contribution >= 4 is 39.0 Å². The lowest BCUT2D eigenvalue weighted by molar-refractivity contribution is 0.448. The molecule has 0 saturated carbocycles. The van der Waals surface area contributed by atoms with Crippen LogP contribution in [0.1, 0.15) is 78.6 Å². The third kappa shape index (κ3) is 4.01. The van der Waals surface area contributed by atoms with Crippen molar-refractivity contribution in [1.82, 2.24) is 0 Å². The van der Waals surface area contributed by atoms with Crippen LogP contribution in [0.25, 0.3) is 44.2 Å². The molecule has 0 fully saturated rings. The van der Waals surface area contributed by atoms with Gasteiger partial charge in [-0.3, -0.25) is 0 Å². The van der Waals surface area contributed by atoms with E-state index in [-0.39, 0.29) is 16.2 Å². The predicted molar refractivity (Wildman–Crippen MR) is 225 cm³/mol. The van der Waals surface area contributed by atoms with Gasteiger partial charge in [0, 0.05) is 38.7 Å². The Labute approximate surface area is 317 Å². The lowest BCUT2D eigenvalue weighted by Gasteiger charge is -2.33. The number of aryl methyl sites for hydroxylation is 2. The van der Waals surface area contributed by atoms with E-state index in [1.54, 1.807) is 0 Å². The molecule has 1 spiro atoms.